The van der Waals surface area contributed by atoms with Gasteiger partial charge in [0.15, 0.2) is 0 Å². The van der Waals surface area contributed by atoms with Crippen LogP contribution in [0.4, 0.5) is 0 Å². The highest BCUT2D eigenvalue weighted by Crippen LogP contribution is 2.46. The van der Waals surface area contributed by atoms with Gasteiger partial charge in [-0.3, -0.25) is 0 Å². The lowest BCUT2D eigenvalue weighted by molar-refractivity contribution is 0.00578. The molecule has 0 aromatic heterocycles. The highest BCUT2D eigenvalue weighted by molar-refractivity contribution is 6.68. The lowest BCUT2D eigenvalue weighted by atomic mass is 9.50. The van der Waals surface area contributed by atoms with E-state index in [4.69, 9.17) is 18.6 Å². The van der Waals surface area contributed by atoms with E-state index in [0.29, 0.717) is 0 Å². The van der Waals surface area contributed by atoms with Crippen LogP contribution in [0.15, 0.2) is 0 Å². The lowest BCUT2D eigenvalue weighted by Gasteiger charge is -2.32. The summed E-state index contributed by atoms with van der Waals surface area (Å²) in [6.45, 7) is 19.0. The van der Waals surface area contributed by atoms with E-state index in [1.54, 1.807) is 0 Å². The summed E-state index contributed by atoms with van der Waals surface area (Å²) < 4.78 is 25.3. The van der Waals surface area contributed by atoms with Crippen molar-refractivity contribution in [2.75, 3.05) is 0 Å². The fourth-order valence-electron chi connectivity index (χ4n) is 3.16. The van der Waals surface area contributed by atoms with Crippen LogP contribution in [0.5, 0.6) is 0 Å². The molecule has 2 fully saturated rings. The molecule has 0 radical (unpaired) electrons. The molecule has 2 saturated heterocycles. The average Bonchev–Trinajstić information content (AvgIpc) is 2.74. The van der Waals surface area contributed by atoms with E-state index < -0.39 is 0 Å². The summed E-state index contributed by atoms with van der Waals surface area (Å²) >= 11 is 0. The Morgan fingerprint density at radius 2 is 0.958 bits per heavy atom. The maximum atomic E-state index is 6.32. The molecule has 138 valence electrons. The number of unbranched alkanes of at least 4 members (excludes halogenated alkanes) is 2. The molecule has 2 aliphatic heterocycles. The Morgan fingerprint density at radius 3 is 1.25 bits per heavy atom. The van der Waals surface area contributed by atoms with Crippen LogP contribution in [-0.2, 0) is 18.6 Å². The van der Waals surface area contributed by atoms with Gasteiger partial charge in [-0.1, -0.05) is 32.6 Å². The molecule has 0 saturated carbocycles. The van der Waals surface area contributed by atoms with Crippen molar-refractivity contribution < 1.29 is 18.6 Å². The van der Waals surface area contributed by atoms with Gasteiger partial charge in [-0.05, 0) is 55.4 Å². The van der Waals surface area contributed by atoms with Gasteiger partial charge in [-0.2, -0.15) is 0 Å². The summed E-state index contributed by atoms with van der Waals surface area (Å²) in [6.07, 6.45) is 4.52. The Labute approximate surface area is 149 Å². The van der Waals surface area contributed by atoms with Crippen molar-refractivity contribution in [1.29, 1.82) is 0 Å². The molecule has 0 bridgehead atoms. The molecule has 0 amide bonds. The van der Waals surface area contributed by atoms with Crippen LogP contribution < -0.4 is 0 Å². The highest BCUT2D eigenvalue weighted by Gasteiger charge is 2.61. The maximum absolute atomic E-state index is 6.32. The van der Waals surface area contributed by atoms with E-state index in [0.717, 1.165) is 12.8 Å². The van der Waals surface area contributed by atoms with Crippen LogP contribution in [0.2, 0.25) is 5.72 Å². The van der Waals surface area contributed by atoms with Crippen LogP contribution >= 0.6 is 0 Å². The van der Waals surface area contributed by atoms with Crippen molar-refractivity contribution in [3.05, 3.63) is 0 Å². The Bertz CT molecular complexity index is 380. The van der Waals surface area contributed by atoms with Crippen molar-refractivity contribution in [3.8, 4) is 0 Å². The minimum atomic E-state index is -0.329. The van der Waals surface area contributed by atoms with Gasteiger partial charge in [0.05, 0.1) is 22.4 Å². The predicted molar refractivity (Wildman–Crippen MR) is 100 cm³/mol. The zero-order valence-corrected chi connectivity index (χ0v) is 17.2. The third-order valence-electron chi connectivity index (χ3n) is 6.38. The van der Waals surface area contributed by atoms with Crippen molar-refractivity contribution in [2.45, 2.75) is 116 Å². The van der Waals surface area contributed by atoms with Gasteiger partial charge in [0.25, 0.3) is 0 Å². The largest absolute Gasteiger partial charge is 0.458 e. The molecule has 0 N–H and O–H groups in total. The summed E-state index contributed by atoms with van der Waals surface area (Å²) in [5, 5.41) is 0. The van der Waals surface area contributed by atoms with Crippen LogP contribution in [-0.4, -0.2) is 36.6 Å². The first kappa shape index (κ1) is 20.3. The molecule has 2 heterocycles. The third kappa shape index (κ3) is 3.72. The monoisotopic (exact) mass is 338 g/mol. The minimum absolute atomic E-state index is 0.0821. The van der Waals surface area contributed by atoms with Gasteiger partial charge in [-0.25, -0.2) is 0 Å². The summed E-state index contributed by atoms with van der Waals surface area (Å²) in [4.78, 5) is 0. The minimum Gasteiger partial charge on any atom is -0.403 e. The van der Waals surface area contributed by atoms with Gasteiger partial charge >= 0.3 is 14.2 Å². The number of hydrogen-bond donors (Lipinski definition) is 0. The lowest BCUT2D eigenvalue weighted by Crippen LogP contribution is -2.41. The van der Waals surface area contributed by atoms with Crippen LogP contribution in [0.3, 0.4) is 0 Å². The molecular formula is C18H36B2O4. The van der Waals surface area contributed by atoms with E-state index in [9.17, 15) is 0 Å². The predicted octanol–water partition coefficient (Wildman–Crippen LogP) is 4.66. The van der Waals surface area contributed by atoms with Gasteiger partial charge in [-0.15, -0.1) is 0 Å². The zero-order valence-electron chi connectivity index (χ0n) is 17.2. The summed E-state index contributed by atoms with van der Waals surface area (Å²) in [5.74, 6) is 0. The molecule has 0 aliphatic carbocycles. The average molecular weight is 338 g/mol. The summed E-state index contributed by atoms with van der Waals surface area (Å²) in [7, 11) is -0.580. The highest BCUT2D eigenvalue weighted by atomic mass is 16.7. The molecule has 24 heavy (non-hydrogen) atoms. The maximum Gasteiger partial charge on any atom is 0.458 e. The van der Waals surface area contributed by atoms with Gasteiger partial charge in [0, 0.05) is 5.72 Å². The SMILES string of the molecule is CCCCCC(B1OC(C)(C)C(C)(C)O1)B1OC(C)(C)C(C)(C)O1. The fourth-order valence-corrected chi connectivity index (χ4v) is 3.16. The molecule has 4 nitrogen and oxygen atoms in total. The first-order valence-electron chi connectivity index (χ1n) is 9.54. The van der Waals surface area contributed by atoms with Gasteiger partial charge < -0.3 is 18.6 Å². The molecule has 2 aliphatic rings. The number of hydrogen-bond acceptors (Lipinski definition) is 4. The molecule has 2 rings (SSSR count). The fraction of sp³-hybridized carbons (Fsp3) is 1.00. The quantitative estimate of drug-likeness (QED) is 0.521. The van der Waals surface area contributed by atoms with E-state index in [1.807, 2.05) is 0 Å². The van der Waals surface area contributed by atoms with Crippen LogP contribution in [0.25, 0.3) is 0 Å². The van der Waals surface area contributed by atoms with E-state index in [1.165, 1.54) is 12.8 Å². The van der Waals surface area contributed by atoms with Crippen LogP contribution in [0, 0.1) is 0 Å². The first-order chi connectivity index (χ1) is 10.8. The van der Waals surface area contributed by atoms with Crippen molar-refractivity contribution >= 4 is 14.2 Å². The first-order valence-corrected chi connectivity index (χ1v) is 9.54. The second-order valence-corrected chi connectivity index (χ2v) is 9.41. The van der Waals surface area contributed by atoms with E-state index in [-0.39, 0.29) is 42.4 Å². The van der Waals surface area contributed by atoms with Crippen molar-refractivity contribution in [3.63, 3.8) is 0 Å². The standard InChI is InChI=1S/C18H36B2O4/c1-10-11-12-13-14(19-21-15(2,3)16(4,5)22-19)20-23-17(6,7)18(8,9)24-20/h14H,10-13H2,1-9H3. The zero-order chi connectivity index (χ0) is 18.4. The third-order valence-corrected chi connectivity index (χ3v) is 6.38. The van der Waals surface area contributed by atoms with Crippen molar-refractivity contribution in [1.82, 2.24) is 0 Å². The Balaban J connectivity index is 2.18. The smallest absolute Gasteiger partial charge is 0.403 e. The van der Waals surface area contributed by atoms with Gasteiger partial charge in [0.1, 0.15) is 0 Å². The summed E-state index contributed by atoms with van der Waals surface area (Å²) in [6, 6.07) is 0. The van der Waals surface area contributed by atoms with Crippen molar-refractivity contribution in [2.24, 2.45) is 0 Å². The Morgan fingerprint density at radius 1 is 0.625 bits per heavy atom. The molecular weight excluding hydrogens is 302 g/mol. The molecule has 0 atom stereocenters. The second kappa shape index (κ2) is 6.61. The molecule has 0 aromatic carbocycles. The molecule has 0 unspecified atom stereocenters. The number of rotatable bonds is 6. The van der Waals surface area contributed by atoms with Crippen LogP contribution in [0.1, 0.15) is 88.0 Å². The molecule has 0 aromatic rings. The molecule has 0 spiro atoms. The topological polar surface area (TPSA) is 36.9 Å². The molecule has 6 heteroatoms. The van der Waals surface area contributed by atoms with E-state index in [2.05, 4.69) is 62.3 Å². The normalized spacial score (nSPS) is 27.2. The van der Waals surface area contributed by atoms with E-state index >= 15 is 0 Å². The Kier molecular flexibility index (Phi) is 5.58. The Hall–Kier alpha value is -0.0301. The summed E-state index contributed by atoms with van der Waals surface area (Å²) in [5.41, 5.74) is -1.23. The van der Waals surface area contributed by atoms with Gasteiger partial charge in [0.2, 0.25) is 0 Å². The second-order valence-electron chi connectivity index (χ2n) is 9.41.